The van der Waals surface area contributed by atoms with Crippen LogP contribution in [-0.4, -0.2) is 25.0 Å². The zero-order chi connectivity index (χ0) is 7.82. The molecule has 0 radical (unpaired) electrons. The van der Waals surface area contributed by atoms with E-state index in [0.717, 1.165) is 12.8 Å². The summed E-state index contributed by atoms with van der Waals surface area (Å²) in [6, 6.07) is -0.135. The molecular weight excluding hydrogens is 148 g/mol. The number of amides is 2. The van der Waals surface area contributed by atoms with Gasteiger partial charge in [0.2, 0.25) is 0 Å². The first-order chi connectivity index (χ1) is 4.81. The van der Waals surface area contributed by atoms with Gasteiger partial charge in [-0.3, -0.25) is 0 Å². The number of hydrogen-bond acceptors (Lipinski definition) is 2. The van der Waals surface area contributed by atoms with Crippen molar-refractivity contribution in [2.75, 3.05) is 13.6 Å². The van der Waals surface area contributed by atoms with Crippen LogP contribution in [0.2, 0.25) is 0 Å². The smallest absolute Gasteiger partial charge is 0.314 e. The molecule has 0 aromatic rings. The second-order valence-corrected chi connectivity index (χ2v) is 2.15. The molecule has 0 aromatic heterocycles. The number of thiocarbonyl (C=S) groups is 1. The summed E-state index contributed by atoms with van der Waals surface area (Å²) in [6.07, 6.45) is 1.79. The molecule has 0 aliphatic rings. The maximum absolute atomic E-state index is 10.5. The number of rotatable bonds is 4. The SMILES string of the molecule is CNC(=O)NCCCC=S. The highest BCUT2D eigenvalue weighted by molar-refractivity contribution is 7.78. The first-order valence-electron chi connectivity index (χ1n) is 3.20. The Morgan fingerprint density at radius 3 is 2.90 bits per heavy atom. The molecule has 0 fully saturated rings. The third-order valence-corrected chi connectivity index (χ3v) is 1.25. The predicted octanol–water partition coefficient (Wildman–Crippen LogP) is 0.695. The van der Waals surface area contributed by atoms with E-state index >= 15 is 0 Å². The molecule has 0 saturated carbocycles. The molecule has 0 saturated heterocycles. The van der Waals surface area contributed by atoms with E-state index < -0.39 is 0 Å². The minimum absolute atomic E-state index is 0.135. The molecule has 0 heterocycles. The van der Waals surface area contributed by atoms with Crippen molar-refractivity contribution in [1.82, 2.24) is 10.6 Å². The number of carbonyl (C=O) groups is 1. The standard InChI is InChI=1S/C6H12N2OS/c1-7-6(9)8-4-2-3-5-10/h5H,2-4H2,1H3,(H2,7,8,9). The Kier molecular flexibility index (Phi) is 6.06. The summed E-state index contributed by atoms with van der Waals surface area (Å²) in [7, 11) is 1.59. The fourth-order valence-electron chi connectivity index (χ4n) is 0.476. The van der Waals surface area contributed by atoms with E-state index in [4.69, 9.17) is 0 Å². The van der Waals surface area contributed by atoms with Gasteiger partial charge in [0.05, 0.1) is 0 Å². The van der Waals surface area contributed by atoms with E-state index in [2.05, 4.69) is 22.9 Å². The molecule has 4 heteroatoms. The van der Waals surface area contributed by atoms with Crippen molar-refractivity contribution < 1.29 is 4.79 Å². The Morgan fingerprint density at radius 1 is 1.70 bits per heavy atom. The van der Waals surface area contributed by atoms with Gasteiger partial charge in [0.25, 0.3) is 0 Å². The van der Waals surface area contributed by atoms with Crippen LogP contribution in [0.4, 0.5) is 4.79 Å². The maximum atomic E-state index is 10.5. The lowest BCUT2D eigenvalue weighted by molar-refractivity contribution is 0.243. The lowest BCUT2D eigenvalue weighted by Gasteiger charge is -2.00. The zero-order valence-electron chi connectivity index (χ0n) is 6.02. The van der Waals surface area contributed by atoms with Gasteiger partial charge >= 0.3 is 6.03 Å². The van der Waals surface area contributed by atoms with E-state index in [9.17, 15) is 4.79 Å². The van der Waals surface area contributed by atoms with Crippen molar-refractivity contribution in [2.45, 2.75) is 12.8 Å². The van der Waals surface area contributed by atoms with Crippen LogP contribution in [0.25, 0.3) is 0 Å². The molecule has 2 N–H and O–H groups in total. The van der Waals surface area contributed by atoms with Crippen LogP contribution in [0.3, 0.4) is 0 Å². The van der Waals surface area contributed by atoms with E-state index in [-0.39, 0.29) is 6.03 Å². The van der Waals surface area contributed by atoms with Crippen LogP contribution in [0.5, 0.6) is 0 Å². The van der Waals surface area contributed by atoms with Crippen LogP contribution in [0, 0.1) is 0 Å². The number of urea groups is 1. The molecule has 0 atom stereocenters. The van der Waals surface area contributed by atoms with Crippen molar-refractivity contribution in [3.63, 3.8) is 0 Å². The molecule has 0 aliphatic heterocycles. The first kappa shape index (κ1) is 9.36. The molecule has 10 heavy (non-hydrogen) atoms. The average Bonchev–Trinajstić information content (AvgIpc) is 1.98. The Labute approximate surface area is 66.2 Å². The van der Waals surface area contributed by atoms with Gasteiger partial charge in [-0.1, -0.05) is 12.2 Å². The Hall–Kier alpha value is -0.640. The van der Waals surface area contributed by atoms with Crippen molar-refractivity contribution in [2.24, 2.45) is 0 Å². The van der Waals surface area contributed by atoms with Crippen molar-refractivity contribution >= 4 is 23.6 Å². The van der Waals surface area contributed by atoms with Crippen LogP contribution in [0.1, 0.15) is 12.8 Å². The van der Waals surface area contributed by atoms with Gasteiger partial charge < -0.3 is 10.6 Å². The molecule has 0 unspecified atom stereocenters. The Bertz CT molecular complexity index is 116. The highest BCUT2D eigenvalue weighted by Gasteiger charge is 1.91. The van der Waals surface area contributed by atoms with Crippen LogP contribution in [-0.2, 0) is 0 Å². The van der Waals surface area contributed by atoms with Crippen LogP contribution < -0.4 is 10.6 Å². The summed E-state index contributed by atoms with van der Waals surface area (Å²) in [5.41, 5.74) is 0. The van der Waals surface area contributed by atoms with Gasteiger partial charge in [-0.15, -0.1) is 0 Å². The second kappa shape index (κ2) is 6.48. The van der Waals surface area contributed by atoms with E-state index in [0.29, 0.717) is 6.54 Å². The summed E-state index contributed by atoms with van der Waals surface area (Å²) in [6.45, 7) is 0.687. The first-order valence-corrected chi connectivity index (χ1v) is 3.67. The number of unbranched alkanes of at least 4 members (excludes halogenated alkanes) is 1. The van der Waals surface area contributed by atoms with Crippen LogP contribution >= 0.6 is 12.2 Å². The number of hydrogen-bond donors (Lipinski definition) is 2. The number of carbonyl (C=O) groups excluding carboxylic acids is 1. The largest absolute Gasteiger partial charge is 0.341 e. The summed E-state index contributed by atoms with van der Waals surface area (Å²) >= 11 is 4.61. The zero-order valence-corrected chi connectivity index (χ0v) is 6.83. The summed E-state index contributed by atoms with van der Waals surface area (Å²) < 4.78 is 0. The van der Waals surface area contributed by atoms with E-state index in [1.165, 1.54) is 0 Å². The van der Waals surface area contributed by atoms with Crippen molar-refractivity contribution in [1.29, 1.82) is 0 Å². The molecule has 0 rings (SSSR count). The van der Waals surface area contributed by atoms with Gasteiger partial charge in [-0.05, 0) is 18.2 Å². The topological polar surface area (TPSA) is 41.1 Å². The van der Waals surface area contributed by atoms with Gasteiger partial charge in [-0.25, -0.2) is 4.79 Å². The molecule has 0 aliphatic carbocycles. The molecule has 0 aromatic carbocycles. The minimum atomic E-state index is -0.135. The Morgan fingerprint density at radius 2 is 2.40 bits per heavy atom. The fourth-order valence-corrected chi connectivity index (χ4v) is 0.642. The van der Waals surface area contributed by atoms with E-state index in [1.807, 2.05) is 0 Å². The molecule has 0 bridgehead atoms. The van der Waals surface area contributed by atoms with Gasteiger partial charge in [0.1, 0.15) is 0 Å². The monoisotopic (exact) mass is 160 g/mol. The highest BCUT2D eigenvalue weighted by atomic mass is 32.1. The molecule has 2 amide bonds. The minimum Gasteiger partial charge on any atom is -0.341 e. The van der Waals surface area contributed by atoms with Crippen molar-refractivity contribution in [3.05, 3.63) is 0 Å². The third kappa shape index (κ3) is 5.50. The van der Waals surface area contributed by atoms with Gasteiger partial charge in [0, 0.05) is 13.6 Å². The van der Waals surface area contributed by atoms with Crippen molar-refractivity contribution in [3.8, 4) is 0 Å². The molecule has 0 spiro atoms. The molecule has 58 valence electrons. The summed E-state index contributed by atoms with van der Waals surface area (Å²) in [5, 5.41) is 6.78. The number of nitrogens with one attached hydrogen (secondary N) is 2. The lowest BCUT2D eigenvalue weighted by atomic mass is 10.3. The maximum Gasteiger partial charge on any atom is 0.314 e. The molecule has 3 nitrogen and oxygen atoms in total. The average molecular weight is 160 g/mol. The normalized spacial score (nSPS) is 8.50. The van der Waals surface area contributed by atoms with Gasteiger partial charge in [-0.2, -0.15) is 0 Å². The fraction of sp³-hybridized carbons (Fsp3) is 0.667. The lowest BCUT2D eigenvalue weighted by Crippen LogP contribution is -2.33. The molecular formula is C6H12N2OS. The van der Waals surface area contributed by atoms with E-state index in [1.54, 1.807) is 12.4 Å². The summed E-state index contributed by atoms with van der Waals surface area (Å²) in [5.74, 6) is 0. The predicted molar refractivity (Wildman–Crippen MR) is 45.3 cm³/mol. The quantitative estimate of drug-likeness (QED) is 0.469. The van der Waals surface area contributed by atoms with Gasteiger partial charge in [0.15, 0.2) is 0 Å². The Balaban J connectivity index is 3.03. The summed E-state index contributed by atoms with van der Waals surface area (Å²) in [4.78, 5) is 10.5. The highest BCUT2D eigenvalue weighted by Crippen LogP contribution is 1.81. The third-order valence-electron chi connectivity index (χ3n) is 1.01. The second-order valence-electron chi connectivity index (χ2n) is 1.81. The van der Waals surface area contributed by atoms with Crippen LogP contribution in [0.15, 0.2) is 0 Å².